The maximum Gasteiger partial charge on any atom is 0.123 e. The van der Waals surface area contributed by atoms with Crippen LogP contribution in [0.25, 0.3) is 0 Å². The highest BCUT2D eigenvalue weighted by atomic mass is 79.9. The fourth-order valence-corrected chi connectivity index (χ4v) is 2.80. The molecule has 0 radical (unpaired) electrons. The van der Waals surface area contributed by atoms with E-state index in [0.29, 0.717) is 0 Å². The molecule has 0 amide bonds. The molecule has 5 heteroatoms. The van der Waals surface area contributed by atoms with Crippen LogP contribution in [0.4, 0.5) is 0 Å². The van der Waals surface area contributed by atoms with Gasteiger partial charge in [-0.2, -0.15) is 0 Å². The van der Waals surface area contributed by atoms with E-state index in [1.807, 2.05) is 19.2 Å². The molecule has 1 aromatic rings. The number of benzene rings is 1. The summed E-state index contributed by atoms with van der Waals surface area (Å²) in [6.45, 7) is 4.51. The van der Waals surface area contributed by atoms with Crippen molar-refractivity contribution in [1.29, 1.82) is 0 Å². The molecule has 0 bridgehead atoms. The van der Waals surface area contributed by atoms with E-state index in [2.05, 4.69) is 32.2 Å². The van der Waals surface area contributed by atoms with Gasteiger partial charge in [0, 0.05) is 36.2 Å². The number of halogens is 1. The van der Waals surface area contributed by atoms with Gasteiger partial charge >= 0.3 is 0 Å². The van der Waals surface area contributed by atoms with Gasteiger partial charge in [-0.1, -0.05) is 15.9 Å². The monoisotopic (exact) mass is 328 g/mol. The second-order valence-electron chi connectivity index (χ2n) is 4.74. The van der Waals surface area contributed by atoms with E-state index in [9.17, 15) is 0 Å². The summed E-state index contributed by atoms with van der Waals surface area (Å²) < 4.78 is 12.2. The molecule has 1 aliphatic rings. The van der Waals surface area contributed by atoms with Gasteiger partial charge < -0.3 is 14.8 Å². The molecule has 1 aliphatic heterocycles. The number of methoxy groups -OCH3 is 1. The smallest absolute Gasteiger partial charge is 0.123 e. The minimum atomic E-state index is 0.275. The van der Waals surface area contributed by atoms with Crippen molar-refractivity contribution in [3.8, 4) is 5.75 Å². The summed E-state index contributed by atoms with van der Waals surface area (Å²) in [7, 11) is 3.68. The van der Waals surface area contributed by atoms with Crippen LogP contribution in [0, 0.1) is 0 Å². The Labute approximate surface area is 123 Å². The number of ether oxygens (including phenoxy) is 2. The Hall–Kier alpha value is -0.620. The van der Waals surface area contributed by atoms with Gasteiger partial charge in [-0.3, -0.25) is 4.90 Å². The van der Waals surface area contributed by atoms with E-state index in [1.165, 1.54) is 5.56 Å². The number of nitrogens with one attached hydrogen (secondary N) is 1. The lowest BCUT2D eigenvalue weighted by Crippen LogP contribution is -2.45. The molecule has 1 heterocycles. The molecule has 0 spiro atoms. The third-order valence-electron chi connectivity index (χ3n) is 3.29. The van der Waals surface area contributed by atoms with E-state index in [-0.39, 0.29) is 6.10 Å². The van der Waals surface area contributed by atoms with Crippen LogP contribution in [0.5, 0.6) is 5.75 Å². The zero-order valence-corrected chi connectivity index (χ0v) is 13.1. The summed E-state index contributed by atoms with van der Waals surface area (Å²) in [5.41, 5.74) is 1.21. The predicted octanol–water partition coefficient (Wildman–Crippen LogP) is 1.88. The number of hydrogen-bond acceptors (Lipinski definition) is 4. The maximum atomic E-state index is 5.72. The molecule has 2 rings (SSSR count). The van der Waals surface area contributed by atoms with Crippen molar-refractivity contribution in [2.45, 2.75) is 12.6 Å². The van der Waals surface area contributed by atoms with Crippen molar-refractivity contribution >= 4 is 15.9 Å². The number of nitrogens with zero attached hydrogens (tertiary/aromatic N) is 1. The molecular formula is C14H21BrN2O2. The Morgan fingerprint density at radius 2 is 2.37 bits per heavy atom. The SMILES string of the molecule is CNCC1CN(Cc2cc(Br)ccc2OC)CCO1. The number of rotatable bonds is 5. The summed E-state index contributed by atoms with van der Waals surface area (Å²) in [5, 5.41) is 3.17. The highest BCUT2D eigenvalue weighted by molar-refractivity contribution is 9.10. The van der Waals surface area contributed by atoms with Crippen LogP contribution in [0.3, 0.4) is 0 Å². The van der Waals surface area contributed by atoms with Crippen molar-refractivity contribution in [1.82, 2.24) is 10.2 Å². The minimum Gasteiger partial charge on any atom is -0.496 e. The fraction of sp³-hybridized carbons (Fsp3) is 0.571. The molecule has 0 aliphatic carbocycles. The molecule has 1 saturated heterocycles. The predicted molar refractivity (Wildman–Crippen MR) is 79.6 cm³/mol. The Morgan fingerprint density at radius 1 is 1.53 bits per heavy atom. The van der Waals surface area contributed by atoms with E-state index >= 15 is 0 Å². The summed E-state index contributed by atoms with van der Waals surface area (Å²) in [6, 6.07) is 6.14. The standard InChI is InChI=1S/C14H21BrN2O2/c1-16-8-13-10-17(5-6-19-13)9-11-7-12(15)3-4-14(11)18-2/h3-4,7,13,16H,5-6,8-10H2,1-2H3. The summed E-state index contributed by atoms with van der Waals surface area (Å²) in [4.78, 5) is 2.41. The summed E-state index contributed by atoms with van der Waals surface area (Å²) in [5.74, 6) is 0.944. The molecule has 106 valence electrons. The quantitative estimate of drug-likeness (QED) is 0.894. The van der Waals surface area contributed by atoms with Gasteiger partial charge in [0.1, 0.15) is 5.75 Å². The van der Waals surface area contributed by atoms with Gasteiger partial charge in [0.05, 0.1) is 19.8 Å². The highest BCUT2D eigenvalue weighted by Gasteiger charge is 2.20. The van der Waals surface area contributed by atoms with Gasteiger partial charge in [-0.25, -0.2) is 0 Å². The van der Waals surface area contributed by atoms with Gasteiger partial charge in [0.15, 0.2) is 0 Å². The largest absolute Gasteiger partial charge is 0.496 e. The molecule has 19 heavy (non-hydrogen) atoms. The molecule has 0 aromatic heterocycles. The molecule has 1 unspecified atom stereocenters. The molecule has 1 fully saturated rings. The Bertz CT molecular complexity index is 412. The van der Waals surface area contributed by atoms with Crippen LogP contribution in [-0.4, -0.2) is 51.4 Å². The minimum absolute atomic E-state index is 0.275. The van der Waals surface area contributed by atoms with Gasteiger partial charge in [-0.05, 0) is 25.2 Å². The van der Waals surface area contributed by atoms with Crippen LogP contribution in [0.1, 0.15) is 5.56 Å². The molecule has 1 N–H and O–H groups in total. The lowest BCUT2D eigenvalue weighted by Gasteiger charge is -2.33. The average Bonchev–Trinajstić information content (AvgIpc) is 2.40. The van der Waals surface area contributed by atoms with E-state index in [0.717, 1.165) is 43.0 Å². The lowest BCUT2D eigenvalue weighted by molar-refractivity contribution is -0.0293. The van der Waals surface area contributed by atoms with Gasteiger partial charge in [0.2, 0.25) is 0 Å². The zero-order valence-electron chi connectivity index (χ0n) is 11.5. The maximum absolute atomic E-state index is 5.72. The summed E-state index contributed by atoms with van der Waals surface area (Å²) >= 11 is 3.52. The van der Waals surface area contributed by atoms with E-state index in [1.54, 1.807) is 7.11 Å². The average molecular weight is 329 g/mol. The molecule has 1 atom stereocenters. The topological polar surface area (TPSA) is 33.7 Å². The Kier molecular flexibility index (Phi) is 5.63. The first-order chi connectivity index (χ1) is 9.22. The first-order valence-corrected chi connectivity index (χ1v) is 7.33. The normalized spacial score (nSPS) is 20.5. The van der Waals surface area contributed by atoms with Crippen LogP contribution < -0.4 is 10.1 Å². The van der Waals surface area contributed by atoms with Crippen LogP contribution in [0.2, 0.25) is 0 Å². The second-order valence-corrected chi connectivity index (χ2v) is 5.66. The molecule has 0 saturated carbocycles. The van der Waals surface area contributed by atoms with Crippen molar-refractivity contribution in [2.24, 2.45) is 0 Å². The third-order valence-corrected chi connectivity index (χ3v) is 3.78. The first kappa shape index (κ1) is 14.8. The Balaban J connectivity index is 2.01. The lowest BCUT2D eigenvalue weighted by atomic mass is 10.1. The molecular weight excluding hydrogens is 308 g/mol. The van der Waals surface area contributed by atoms with Gasteiger partial charge in [-0.15, -0.1) is 0 Å². The molecule has 4 nitrogen and oxygen atoms in total. The van der Waals surface area contributed by atoms with Crippen LogP contribution >= 0.6 is 15.9 Å². The first-order valence-electron chi connectivity index (χ1n) is 6.54. The summed E-state index contributed by atoms with van der Waals surface area (Å²) in [6.07, 6.45) is 0.275. The number of morpholine rings is 1. The van der Waals surface area contributed by atoms with Crippen molar-refractivity contribution in [3.05, 3.63) is 28.2 Å². The second kappa shape index (κ2) is 7.24. The van der Waals surface area contributed by atoms with Crippen molar-refractivity contribution in [3.63, 3.8) is 0 Å². The number of likely N-dealkylation sites (N-methyl/N-ethyl adjacent to an activating group) is 1. The van der Waals surface area contributed by atoms with E-state index in [4.69, 9.17) is 9.47 Å². The zero-order chi connectivity index (χ0) is 13.7. The fourth-order valence-electron chi connectivity index (χ4n) is 2.39. The van der Waals surface area contributed by atoms with Crippen LogP contribution in [0.15, 0.2) is 22.7 Å². The third kappa shape index (κ3) is 4.18. The van der Waals surface area contributed by atoms with Crippen molar-refractivity contribution < 1.29 is 9.47 Å². The van der Waals surface area contributed by atoms with Crippen molar-refractivity contribution in [2.75, 3.05) is 40.4 Å². The van der Waals surface area contributed by atoms with Gasteiger partial charge in [0.25, 0.3) is 0 Å². The highest BCUT2D eigenvalue weighted by Crippen LogP contribution is 2.24. The molecule has 1 aromatic carbocycles. The Morgan fingerprint density at radius 3 is 3.11 bits per heavy atom. The van der Waals surface area contributed by atoms with E-state index < -0.39 is 0 Å². The van der Waals surface area contributed by atoms with Crippen LogP contribution in [-0.2, 0) is 11.3 Å². The number of hydrogen-bond donors (Lipinski definition) is 1.